The van der Waals surface area contributed by atoms with Crippen LogP contribution in [-0.2, 0) is 9.84 Å². The fraction of sp³-hybridized carbons (Fsp3) is 0.417. The molecule has 1 fully saturated rings. The van der Waals surface area contributed by atoms with Crippen molar-refractivity contribution >= 4 is 44.8 Å². The van der Waals surface area contributed by atoms with Crippen LogP contribution in [0.1, 0.15) is 6.42 Å². The van der Waals surface area contributed by atoms with Gasteiger partial charge in [0.2, 0.25) is 0 Å². The van der Waals surface area contributed by atoms with Gasteiger partial charge in [-0.3, -0.25) is 0 Å². The number of anilines is 1. The molecule has 2 rings (SSSR count). The number of amides is 2. The third-order valence-corrected chi connectivity index (χ3v) is 5.27. The summed E-state index contributed by atoms with van der Waals surface area (Å²) in [4.78, 5) is 11.7. The first-order chi connectivity index (χ1) is 9.34. The largest absolute Gasteiger partial charge is 0.338 e. The number of rotatable bonds is 3. The Kier molecular flexibility index (Phi) is 4.78. The standard InChI is InChI=1S/C12H14Cl2N2O3S/c13-9-3-10(14)5-11(4-9)16-12(17)15-6-8-1-2-20(18,19)7-8/h3-5,8H,1-2,6-7H2,(H2,15,16,17). The smallest absolute Gasteiger partial charge is 0.319 e. The molecule has 1 aliphatic heterocycles. The Bertz CT molecular complexity index is 599. The Morgan fingerprint density at radius 1 is 1.25 bits per heavy atom. The molecule has 1 aliphatic rings. The van der Waals surface area contributed by atoms with Crippen LogP contribution >= 0.6 is 23.2 Å². The van der Waals surface area contributed by atoms with E-state index >= 15 is 0 Å². The Balaban J connectivity index is 1.84. The van der Waals surface area contributed by atoms with Gasteiger partial charge in [0.05, 0.1) is 11.5 Å². The highest BCUT2D eigenvalue weighted by atomic mass is 35.5. The average Bonchev–Trinajstić information content (AvgIpc) is 2.65. The summed E-state index contributed by atoms with van der Waals surface area (Å²) in [5.74, 6) is 0.315. The molecule has 1 heterocycles. The van der Waals surface area contributed by atoms with Crippen LogP contribution in [-0.4, -0.2) is 32.5 Å². The molecule has 0 aromatic heterocycles. The topological polar surface area (TPSA) is 75.3 Å². The van der Waals surface area contributed by atoms with Gasteiger partial charge in [0.25, 0.3) is 0 Å². The summed E-state index contributed by atoms with van der Waals surface area (Å²) in [6.45, 7) is 0.333. The molecule has 1 atom stereocenters. The van der Waals surface area contributed by atoms with E-state index in [0.29, 0.717) is 28.7 Å². The summed E-state index contributed by atoms with van der Waals surface area (Å²) in [6.07, 6.45) is 0.589. The molecule has 2 N–H and O–H groups in total. The first-order valence-electron chi connectivity index (χ1n) is 6.05. The van der Waals surface area contributed by atoms with Crippen LogP contribution < -0.4 is 10.6 Å². The first kappa shape index (κ1) is 15.4. The van der Waals surface area contributed by atoms with Crippen LogP contribution in [0.15, 0.2) is 18.2 Å². The second kappa shape index (κ2) is 6.20. The van der Waals surface area contributed by atoms with Crippen molar-refractivity contribution in [1.82, 2.24) is 5.32 Å². The zero-order valence-electron chi connectivity index (χ0n) is 10.5. The van der Waals surface area contributed by atoms with Gasteiger partial charge in [-0.25, -0.2) is 13.2 Å². The monoisotopic (exact) mass is 336 g/mol. The Morgan fingerprint density at radius 3 is 2.45 bits per heavy atom. The van der Waals surface area contributed by atoms with Gasteiger partial charge >= 0.3 is 6.03 Å². The summed E-state index contributed by atoms with van der Waals surface area (Å²) in [7, 11) is -2.92. The van der Waals surface area contributed by atoms with Crippen LogP contribution in [0.2, 0.25) is 10.0 Å². The van der Waals surface area contributed by atoms with E-state index in [9.17, 15) is 13.2 Å². The number of carbonyl (C=O) groups is 1. The van der Waals surface area contributed by atoms with E-state index in [0.717, 1.165) is 0 Å². The molecule has 2 amide bonds. The minimum absolute atomic E-state index is 0.0197. The Morgan fingerprint density at radius 2 is 1.90 bits per heavy atom. The first-order valence-corrected chi connectivity index (χ1v) is 8.63. The summed E-state index contributed by atoms with van der Waals surface area (Å²) in [5, 5.41) is 6.10. The molecule has 5 nitrogen and oxygen atoms in total. The van der Waals surface area contributed by atoms with E-state index in [1.807, 2.05) is 0 Å². The Labute approximate surface area is 127 Å². The highest BCUT2D eigenvalue weighted by Crippen LogP contribution is 2.22. The van der Waals surface area contributed by atoms with E-state index in [1.165, 1.54) is 0 Å². The third kappa shape index (κ3) is 4.54. The summed E-state index contributed by atoms with van der Waals surface area (Å²) in [6, 6.07) is 4.31. The van der Waals surface area contributed by atoms with Gasteiger partial charge in [-0.2, -0.15) is 0 Å². The molecule has 0 saturated carbocycles. The van der Waals surface area contributed by atoms with E-state index in [-0.39, 0.29) is 17.4 Å². The number of halogens is 2. The predicted molar refractivity (Wildman–Crippen MR) is 80.2 cm³/mol. The van der Waals surface area contributed by atoms with Crippen molar-refractivity contribution in [2.75, 3.05) is 23.4 Å². The summed E-state index contributed by atoms with van der Waals surface area (Å²) in [5.41, 5.74) is 0.485. The van der Waals surface area contributed by atoms with Crippen LogP contribution in [0, 0.1) is 5.92 Å². The summed E-state index contributed by atoms with van der Waals surface area (Å²) >= 11 is 11.6. The predicted octanol–water partition coefficient (Wildman–Crippen LogP) is 2.55. The maximum atomic E-state index is 11.7. The molecule has 0 aliphatic carbocycles. The lowest BCUT2D eigenvalue weighted by atomic mass is 10.1. The molecular formula is C12H14Cl2N2O3S. The molecule has 8 heteroatoms. The lowest BCUT2D eigenvalue weighted by Crippen LogP contribution is -2.33. The zero-order chi connectivity index (χ0) is 14.8. The number of urea groups is 1. The maximum Gasteiger partial charge on any atom is 0.319 e. The van der Waals surface area contributed by atoms with E-state index in [2.05, 4.69) is 10.6 Å². The SMILES string of the molecule is O=C(NCC1CCS(=O)(=O)C1)Nc1cc(Cl)cc(Cl)c1. The molecular weight excluding hydrogens is 323 g/mol. The number of carbonyl (C=O) groups excluding carboxylic acids is 1. The number of nitrogens with one attached hydrogen (secondary N) is 2. The van der Waals surface area contributed by atoms with Crippen molar-refractivity contribution in [3.8, 4) is 0 Å². The van der Waals surface area contributed by atoms with Crippen molar-refractivity contribution in [1.29, 1.82) is 0 Å². The summed E-state index contributed by atoms with van der Waals surface area (Å²) < 4.78 is 22.6. The highest BCUT2D eigenvalue weighted by Gasteiger charge is 2.27. The van der Waals surface area contributed by atoms with Gasteiger partial charge in [-0.05, 0) is 30.5 Å². The highest BCUT2D eigenvalue weighted by molar-refractivity contribution is 7.91. The molecule has 1 aromatic carbocycles. The van der Waals surface area contributed by atoms with Crippen LogP contribution in [0.3, 0.4) is 0 Å². The lowest BCUT2D eigenvalue weighted by Gasteiger charge is -2.11. The lowest BCUT2D eigenvalue weighted by molar-refractivity contribution is 0.250. The number of hydrogen-bond acceptors (Lipinski definition) is 3. The van der Waals surface area contributed by atoms with E-state index in [1.54, 1.807) is 18.2 Å². The Hall–Kier alpha value is -0.980. The molecule has 0 radical (unpaired) electrons. The van der Waals surface area contributed by atoms with Crippen molar-refractivity contribution in [3.05, 3.63) is 28.2 Å². The van der Waals surface area contributed by atoms with Gasteiger partial charge < -0.3 is 10.6 Å². The molecule has 0 bridgehead atoms. The number of hydrogen-bond donors (Lipinski definition) is 2. The maximum absolute atomic E-state index is 11.7. The van der Waals surface area contributed by atoms with Gasteiger partial charge in [0, 0.05) is 22.3 Å². The fourth-order valence-electron chi connectivity index (χ4n) is 2.07. The van der Waals surface area contributed by atoms with Crippen molar-refractivity contribution in [3.63, 3.8) is 0 Å². The van der Waals surface area contributed by atoms with Gasteiger partial charge in [-0.15, -0.1) is 0 Å². The number of benzene rings is 1. The number of sulfone groups is 1. The molecule has 20 heavy (non-hydrogen) atoms. The van der Waals surface area contributed by atoms with E-state index in [4.69, 9.17) is 23.2 Å². The third-order valence-electron chi connectivity index (χ3n) is 3.00. The van der Waals surface area contributed by atoms with Gasteiger partial charge in [0.15, 0.2) is 9.84 Å². The average molecular weight is 337 g/mol. The van der Waals surface area contributed by atoms with Crippen LogP contribution in [0.25, 0.3) is 0 Å². The second-order valence-corrected chi connectivity index (χ2v) is 7.86. The van der Waals surface area contributed by atoms with Crippen LogP contribution in [0.5, 0.6) is 0 Å². The molecule has 110 valence electrons. The molecule has 1 aromatic rings. The quantitative estimate of drug-likeness (QED) is 0.890. The molecule has 1 unspecified atom stereocenters. The molecule has 1 saturated heterocycles. The fourth-order valence-corrected chi connectivity index (χ4v) is 4.46. The molecule has 0 spiro atoms. The minimum atomic E-state index is -2.92. The van der Waals surface area contributed by atoms with Crippen molar-refractivity contribution in [2.24, 2.45) is 5.92 Å². The zero-order valence-corrected chi connectivity index (χ0v) is 12.9. The van der Waals surface area contributed by atoms with Crippen LogP contribution in [0.4, 0.5) is 10.5 Å². The van der Waals surface area contributed by atoms with Gasteiger partial charge in [0.1, 0.15) is 0 Å². The van der Waals surface area contributed by atoms with E-state index < -0.39 is 15.9 Å². The normalized spacial score (nSPS) is 20.6. The van der Waals surface area contributed by atoms with Crippen molar-refractivity contribution < 1.29 is 13.2 Å². The van der Waals surface area contributed by atoms with Crippen molar-refractivity contribution in [2.45, 2.75) is 6.42 Å². The minimum Gasteiger partial charge on any atom is -0.338 e. The van der Waals surface area contributed by atoms with Gasteiger partial charge in [-0.1, -0.05) is 23.2 Å². The second-order valence-electron chi connectivity index (χ2n) is 4.76.